The largest absolute Gasteiger partial charge is 0.496 e. The van der Waals surface area contributed by atoms with E-state index in [1.54, 1.807) is 30.3 Å². The van der Waals surface area contributed by atoms with E-state index in [1.807, 2.05) is 13.8 Å². The van der Waals surface area contributed by atoms with Crippen LogP contribution in [0.3, 0.4) is 0 Å². The molecular formula is C18H19NO5S. The first-order chi connectivity index (χ1) is 11.9. The molecule has 2 aromatic rings. The molecule has 0 fully saturated rings. The molecule has 0 radical (unpaired) electrons. The number of aryl methyl sites for hydroxylation is 2. The lowest BCUT2D eigenvalue weighted by Gasteiger charge is -2.09. The summed E-state index contributed by atoms with van der Waals surface area (Å²) in [5.41, 5.74) is 0.881. The van der Waals surface area contributed by atoms with Crippen molar-refractivity contribution in [2.24, 2.45) is 0 Å². The Labute approximate surface area is 149 Å². The van der Waals surface area contributed by atoms with E-state index < -0.39 is 11.9 Å². The lowest BCUT2D eigenvalue weighted by atomic mass is 10.2. The molecule has 0 atom stereocenters. The van der Waals surface area contributed by atoms with Gasteiger partial charge in [-0.25, -0.2) is 0 Å². The van der Waals surface area contributed by atoms with Crippen molar-refractivity contribution in [3.8, 4) is 5.75 Å². The van der Waals surface area contributed by atoms with Crippen LogP contribution in [0.2, 0.25) is 0 Å². The summed E-state index contributed by atoms with van der Waals surface area (Å²) in [7, 11) is 1.46. The van der Waals surface area contributed by atoms with E-state index in [0.29, 0.717) is 16.9 Å². The fourth-order valence-electron chi connectivity index (χ4n) is 2.26. The third-order valence-electron chi connectivity index (χ3n) is 3.45. The molecule has 0 aliphatic carbocycles. The summed E-state index contributed by atoms with van der Waals surface area (Å²) in [4.78, 5) is 37.8. The summed E-state index contributed by atoms with van der Waals surface area (Å²) in [6.07, 6.45) is 0. The van der Waals surface area contributed by atoms with Crippen molar-refractivity contribution >= 4 is 29.0 Å². The maximum Gasteiger partial charge on any atom is 0.325 e. The molecule has 1 amide bonds. The predicted octanol–water partition coefficient (Wildman–Crippen LogP) is 2.53. The third kappa shape index (κ3) is 4.90. The Bertz CT molecular complexity index is 797. The second-order valence-corrected chi connectivity index (χ2v) is 6.75. The molecule has 132 valence electrons. The van der Waals surface area contributed by atoms with Gasteiger partial charge in [-0.3, -0.25) is 14.4 Å². The molecule has 0 aliphatic rings. The number of thiophene rings is 1. The number of carbonyl (C=O) groups is 3. The number of amides is 1. The molecule has 1 aromatic carbocycles. The van der Waals surface area contributed by atoms with Gasteiger partial charge in [-0.05, 0) is 32.0 Å². The summed E-state index contributed by atoms with van der Waals surface area (Å²) in [6, 6.07) is 8.45. The van der Waals surface area contributed by atoms with Gasteiger partial charge in [0.1, 0.15) is 12.3 Å². The number of hydrogen-bond donors (Lipinski definition) is 1. The number of carbonyl (C=O) groups excluding carboxylic acids is 3. The molecule has 0 aliphatic heterocycles. The Morgan fingerprint density at radius 1 is 1.12 bits per heavy atom. The van der Waals surface area contributed by atoms with E-state index in [4.69, 9.17) is 9.47 Å². The Balaban J connectivity index is 1.83. The number of nitrogens with one attached hydrogen (secondary N) is 1. The Morgan fingerprint density at radius 2 is 1.84 bits per heavy atom. The molecular weight excluding hydrogens is 342 g/mol. The molecule has 7 heteroatoms. The highest BCUT2D eigenvalue weighted by molar-refractivity contribution is 7.12. The van der Waals surface area contributed by atoms with Gasteiger partial charge in [0, 0.05) is 15.3 Å². The average Bonchev–Trinajstić information content (AvgIpc) is 2.95. The minimum absolute atomic E-state index is 0.258. The summed E-state index contributed by atoms with van der Waals surface area (Å²) < 4.78 is 10.0. The Hall–Kier alpha value is -2.67. The highest BCUT2D eigenvalue weighted by Crippen LogP contribution is 2.21. The van der Waals surface area contributed by atoms with E-state index in [-0.39, 0.29) is 18.9 Å². The lowest BCUT2D eigenvalue weighted by Crippen LogP contribution is -2.31. The molecule has 1 aromatic heterocycles. The summed E-state index contributed by atoms with van der Waals surface area (Å²) >= 11 is 1.52. The van der Waals surface area contributed by atoms with E-state index in [1.165, 1.54) is 18.4 Å². The third-order valence-corrected chi connectivity index (χ3v) is 4.42. The van der Waals surface area contributed by atoms with Gasteiger partial charge in [0.05, 0.1) is 12.7 Å². The van der Waals surface area contributed by atoms with Crippen LogP contribution < -0.4 is 10.1 Å². The second-order valence-electron chi connectivity index (χ2n) is 5.29. The van der Waals surface area contributed by atoms with Gasteiger partial charge < -0.3 is 14.8 Å². The molecule has 25 heavy (non-hydrogen) atoms. The average molecular weight is 361 g/mol. The number of rotatable bonds is 7. The molecule has 1 heterocycles. The van der Waals surface area contributed by atoms with Crippen LogP contribution in [-0.4, -0.2) is 37.9 Å². The number of ketones is 1. The van der Waals surface area contributed by atoms with Crippen LogP contribution in [0, 0.1) is 13.8 Å². The summed E-state index contributed by atoms with van der Waals surface area (Å²) in [6.45, 7) is 3.08. The normalized spacial score (nSPS) is 10.2. The first-order valence-electron chi connectivity index (χ1n) is 7.59. The van der Waals surface area contributed by atoms with Crippen molar-refractivity contribution in [1.29, 1.82) is 0 Å². The number of methoxy groups -OCH3 is 1. The maximum absolute atomic E-state index is 12.1. The van der Waals surface area contributed by atoms with E-state index >= 15 is 0 Å². The number of hydrogen-bond acceptors (Lipinski definition) is 6. The molecule has 0 spiro atoms. The van der Waals surface area contributed by atoms with Crippen molar-refractivity contribution in [2.75, 3.05) is 20.3 Å². The van der Waals surface area contributed by atoms with Crippen LogP contribution >= 0.6 is 11.3 Å². The molecule has 0 saturated heterocycles. The minimum atomic E-state index is -0.679. The van der Waals surface area contributed by atoms with E-state index in [2.05, 4.69) is 5.32 Å². The maximum atomic E-state index is 12.1. The first kappa shape index (κ1) is 18.7. The molecule has 2 rings (SSSR count). The van der Waals surface area contributed by atoms with Gasteiger partial charge in [-0.15, -0.1) is 11.3 Å². The highest BCUT2D eigenvalue weighted by atomic mass is 32.1. The van der Waals surface area contributed by atoms with E-state index in [9.17, 15) is 14.4 Å². The van der Waals surface area contributed by atoms with Crippen LogP contribution in [0.1, 0.15) is 30.5 Å². The van der Waals surface area contributed by atoms with Gasteiger partial charge in [-0.1, -0.05) is 12.1 Å². The predicted molar refractivity (Wildman–Crippen MR) is 94.4 cm³/mol. The lowest BCUT2D eigenvalue weighted by molar-refractivity contribution is -0.141. The van der Waals surface area contributed by atoms with Crippen molar-refractivity contribution < 1.29 is 23.9 Å². The number of benzene rings is 1. The van der Waals surface area contributed by atoms with Crippen molar-refractivity contribution in [3.05, 3.63) is 51.2 Å². The zero-order chi connectivity index (χ0) is 18.4. The topological polar surface area (TPSA) is 81.7 Å². The molecule has 0 unspecified atom stereocenters. The monoisotopic (exact) mass is 361 g/mol. The number of para-hydroxylation sites is 1. The fourth-order valence-corrected chi connectivity index (χ4v) is 3.20. The zero-order valence-electron chi connectivity index (χ0n) is 14.3. The van der Waals surface area contributed by atoms with Gasteiger partial charge in [0.15, 0.2) is 6.61 Å². The van der Waals surface area contributed by atoms with Crippen LogP contribution in [-0.2, 0) is 9.53 Å². The number of esters is 1. The highest BCUT2D eigenvalue weighted by Gasteiger charge is 2.16. The first-order valence-corrected chi connectivity index (χ1v) is 8.41. The van der Waals surface area contributed by atoms with Gasteiger partial charge in [0.25, 0.3) is 5.91 Å². The SMILES string of the molecule is COc1ccccc1C(=O)NCC(=O)OCC(=O)c1cc(C)sc1C. The number of Topliss-reactive ketones (excluding diaryl/α,β-unsaturated/α-hetero) is 1. The summed E-state index contributed by atoms with van der Waals surface area (Å²) in [5, 5.41) is 2.45. The fraction of sp³-hybridized carbons (Fsp3) is 0.278. The molecule has 0 saturated carbocycles. The van der Waals surface area contributed by atoms with Crippen LogP contribution in [0.15, 0.2) is 30.3 Å². The quantitative estimate of drug-likeness (QED) is 0.605. The van der Waals surface area contributed by atoms with Crippen LogP contribution in [0.25, 0.3) is 0 Å². The van der Waals surface area contributed by atoms with Crippen LogP contribution in [0.4, 0.5) is 0 Å². The van der Waals surface area contributed by atoms with Crippen molar-refractivity contribution in [3.63, 3.8) is 0 Å². The van der Waals surface area contributed by atoms with Crippen molar-refractivity contribution in [2.45, 2.75) is 13.8 Å². The van der Waals surface area contributed by atoms with Crippen LogP contribution in [0.5, 0.6) is 5.75 Å². The van der Waals surface area contributed by atoms with Gasteiger partial charge >= 0.3 is 5.97 Å². The summed E-state index contributed by atoms with van der Waals surface area (Å²) in [5.74, 6) is -0.982. The molecule has 0 bridgehead atoms. The van der Waals surface area contributed by atoms with Crippen molar-refractivity contribution in [1.82, 2.24) is 5.32 Å². The Kier molecular flexibility index (Phi) is 6.30. The van der Waals surface area contributed by atoms with E-state index in [0.717, 1.165) is 9.75 Å². The van der Waals surface area contributed by atoms with Gasteiger partial charge in [-0.2, -0.15) is 0 Å². The standard InChI is InChI=1S/C18H19NO5S/c1-11-8-14(12(2)25-11)15(20)10-24-17(21)9-19-18(22)13-6-4-5-7-16(13)23-3/h4-8H,9-10H2,1-3H3,(H,19,22). The number of ether oxygens (including phenoxy) is 2. The minimum Gasteiger partial charge on any atom is -0.496 e. The molecule has 6 nitrogen and oxygen atoms in total. The Morgan fingerprint density at radius 3 is 2.48 bits per heavy atom. The zero-order valence-corrected chi connectivity index (χ0v) is 15.1. The second kappa shape index (κ2) is 8.43. The smallest absolute Gasteiger partial charge is 0.325 e. The van der Waals surface area contributed by atoms with Gasteiger partial charge in [0.2, 0.25) is 5.78 Å². The molecule has 1 N–H and O–H groups in total.